The van der Waals surface area contributed by atoms with E-state index in [9.17, 15) is 8.42 Å². The van der Waals surface area contributed by atoms with Gasteiger partial charge < -0.3 is 18.9 Å². The molecule has 1 aromatic carbocycles. The Morgan fingerprint density at radius 2 is 1.73 bits per heavy atom. The summed E-state index contributed by atoms with van der Waals surface area (Å²) in [6.45, 7) is 5.06. The molecular formula is C28H34N6O6S. The Bertz CT molecular complexity index is 1600. The second kappa shape index (κ2) is 12.3. The summed E-state index contributed by atoms with van der Waals surface area (Å²) in [5.74, 6) is 1.88. The Morgan fingerprint density at radius 3 is 2.41 bits per heavy atom. The lowest BCUT2D eigenvalue weighted by atomic mass is 9.95. The molecule has 12 nitrogen and oxygen atoms in total. The maximum atomic E-state index is 13.2. The number of ether oxygens (including phenoxy) is 4. The van der Waals surface area contributed by atoms with Gasteiger partial charge in [0.2, 0.25) is 15.9 Å². The number of methoxy groups -OCH3 is 2. The first-order valence-corrected chi connectivity index (χ1v) is 15.1. The van der Waals surface area contributed by atoms with Gasteiger partial charge >= 0.3 is 0 Å². The fourth-order valence-corrected chi connectivity index (χ4v) is 6.13. The normalized spacial score (nSPS) is 16.8. The Kier molecular flexibility index (Phi) is 8.54. The molecule has 5 rings (SSSR count). The number of nitrogens with zero attached hydrogens (tertiary/aromatic N) is 5. The number of unbranched alkanes of at least 4 members (excludes halogenated alkanes) is 1. The molecule has 4 aromatic rings. The van der Waals surface area contributed by atoms with Crippen LogP contribution < -0.4 is 18.9 Å². The summed E-state index contributed by atoms with van der Waals surface area (Å²) in [6.07, 6.45) is 4.19. The first kappa shape index (κ1) is 28.6. The minimum Gasteiger partial charge on any atom is -0.494 e. The molecule has 0 amide bonds. The number of aromatic nitrogens is 5. The SMILES string of the molecule is CCCCO[C@H]1C[C@@H](S(=O)(=O)Nc2cnc3nc(-c4cccc(OCC)n4)n(-c4c(OC)cccc4OC)c3n2)C1. The minimum atomic E-state index is -3.71. The number of anilines is 1. The van der Waals surface area contributed by atoms with Gasteiger partial charge in [-0.15, -0.1) is 0 Å². The number of benzene rings is 1. The molecule has 1 aliphatic carbocycles. The van der Waals surface area contributed by atoms with Crippen LogP contribution in [0.5, 0.6) is 17.4 Å². The third-order valence-corrected chi connectivity index (χ3v) is 8.59. The molecule has 1 fully saturated rings. The van der Waals surface area contributed by atoms with Gasteiger partial charge in [-0.2, -0.15) is 0 Å². The highest BCUT2D eigenvalue weighted by Crippen LogP contribution is 2.38. The van der Waals surface area contributed by atoms with Crippen LogP contribution in [0.2, 0.25) is 0 Å². The van der Waals surface area contributed by atoms with E-state index in [4.69, 9.17) is 23.9 Å². The van der Waals surface area contributed by atoms with Crippen LogP contribution in [-0.4, -0.2) is 71.7 Å². The standard InChI is InChI=1S/C28H34N6O6S/c1-5-7-14-40-18-15-19(16-18)41(35,36)33-23-17-29-26-28(31-23)34(25-21(37-3)11-9-12-22(25)38-4)27(32-26)20-10-8-13-24(30-20)39-6-2/h8-13,17-19H,5-7,14-16H2,1-4H3,(H,31,33)/t18-,19+. The highest BCUT2D eigenvalue weighted by molar-refractivity contribution is 7.93. The largest absolute Gasteiger partial charge is 0.494 e. The van der Waals surface area contributed by atoms with E-state index in [2.05, 4.69) is 26.6 Å². The summed E-state index contributed by atoms with van der Waals surface area (Å²) in [5, 5.41) is -0.563. The van der Waals surface area contributed by atoms with Crippen molar-refractivity contribution < 1.29 is 27.4 Å². The summed E-state index contributed by atoms with van der Waals surface area (Å²) in [6, 6.07) is 10.7. The number of rotatable bonds is 13. The molecule has 218 valence electrons. The van der Waals surface area contributed by atoms with Crippen LogP contribution in [0.4, 0.5) is 5.82 Å². The molecule has 1 N–H and O–H groups in total. The Hall–Kier alpha value is -3.97. The van der Waals surface area contributed by atoms with E-state index in [-0.39, 0.29) is 17.6 Å². The maximum absolute atomic E-state index is 13.2. The van der Waals surface area contributed by atoms with E-state index >= 15 is 0 Å². The van der Waals surface area contributed by atoms with Gasteiger partial charge in [0.1, 0.15) is 22.9 Å². The second-order valence-electron chi connectivity index (χ2n) is 9.57. The fourth-order valence-electron chi connectivity index (χ4n) is 4.64. The van der Waals surface area contributed by atoms with E-state index in [0.29, 0.717) is 66.3 Å². The predicted octanol–water partition coefficient (Wildman–Crippen LogP) is 4.38. The zero-order valence-electron chi connectivity index (χ0n) is 23.5. The maximum Gasteiger partial charge on any atom is 0.237 e. The fraction of sp³-hybridized carbons (Fsp3) is 0.429. The monoisotopic (exact) mass is 582 g/mol. The molecule has 0 aliphatic heterocycles. The van der Waals surface area contributed by atoms with Crippen molar-refractivity contribution in [1.82, 2.24) is 24.5 Å². The molecule has 0 radical (unpaired) electrons. The van der Waals surface area contributed by atoms with Gasteiger partial charge in [-0.3, -0.25) is 9.29 Å². The van der Waals surface area contributed by atoms with Gasteiger partial charge in [0.15, 0.2) is 22.9 Å². The third kappa shape index (κ3) is 5.91. The summed E-state index contributed by atoms with van der Waals surface area (Å²) in [4.78, 5) is 18.4. The van der Waals surface area contributed by atoms with E-state index < -0.39 is 15.3 Å². The van der Waals surface area contributed by atoms with E-state index in [1.807, 2.05) is 13.0 Å². The molecule has 3 aromatic heterocycles. The minimum absolute atomic E-state index is 0.0429. The Labute approximate surface area is 239 Å². The first-order valence-electron chi connectivity index (χ1n) is 13.6. The number of sulfonamides is 1. The van der Waals surface area contributed by atoms with Gasteiger partial charge in [0.05, 0.1) is 38.4 Å². The lowest BCUT2D eigenvalue weighted by Crippen LogP contribution is -2.43. The quantitative estimate of drug-likeness (QED) is 0.226. The molecule has 1 saturated carbocycles. The molecule has 0 atom stereocenters. The van der Waals surface area contributed by atoms with Gasteiger partial charge in [0.25, 0.3) is 0 Å². The first-order chi connectivity index (χ1) is 19.9. The second-order valence-corrected chi connectivity index (χ2v) is 11.5. The molecule has 0 saturated heterocycles. The van der Waals surface area contributed by atoms with Crippen LogP contribution >= 0.6 is 0 Å². The lowest BCUT2D eigenvalue weighted by Gasteiger charge is -2.34. The number of hydrogen-bond acceptors (Lipinski definition) is 10. The number of para-hydroxylation sites is 1. The van der Waals surface area contributed by atoms with Crippen LogP contribution in [0.1, 0.15) is 39.5 Å². The van der Waals surface area contributed by atoms with Crippen molar-refractivity contribution >= 4 is 27.1 Å². The summed E-state index contributed by atoms with van der Waals surface area (Å²) in [5.41, 5.74) is 1.59. The number of fused-ring (bicyclic) bond motifs is 1. The summed E-state index contributed by atoms with van der Waals surface area (Å²) >= 11 is 0. The molecule has 41 heavy (non-hydrogen) atoms. The number of imidazole rings is 1. The van der Waals surface area contributed by atoms with Gasteiger partial charge in [-0.05, 0) is 44.4 Å². The predicted molar refractivity (Wildman–Crippen MR) is 154 cm³/mol. The van der Waals surface area contributed by atoms with E-state index in [1.165, 1.54) is 6.20 Å². The number of pyridine rings is 1. The molecule has 0 unspecified atom stereocenters. The van der Waals surface area contributed by atoms with Gasteiger partial charge in [0, 0.05) is 12.7 Å². The highest BCUT2D eigenvalue weighted by Gasteiger charge is 2.39. The number of hydrogen-bond donors (Lipinski definition) is 1. The average Bonchev–Trinajstić information content (AvgIpc) is 3.32. The smallest absolute Gasteiger partial charge is 0.237 e. The van der Waals surface area contributed by atoms with Crippen molar-refractivity contribution in [1.29, 1.82) is 0 Å². The van der Waals surface area contributed by atoms with Gasteiger partial charge in [-0.1, -0.05) is 25.5 Å². The summed E-state index contributed by atoms with van der Waals surface area (Å²) < 4.78 is 53.4. The van der Waals surface area contributed by atoms with Gasteiger partial charge in [-0.25, -0.2) is 28.4 Å². The third-order valence-electron chi connectivity index (χ3n) is 6.83. The Morgan fingerprint density at radius 1 is 1.00 bits per heavy atom. The van der Waals surface area contributed by atoms with E-state index in [0.717, 1.165) is 12.8 Å². The topological polar surface area (TPSA) is 140 Å². The number of nitrogens with one attached hydrogen (secondary N) is 1. The van der Waals surface area contributed by atoms with E-state index in [1.54, 1.807) is 49.1 Å². The molecule has 3 heterocycles. The van der Waals surface area contributed by atoms with Crippen molar-refractivity contribution in [2.24, 2.45) is 0 Å². The molecule has 1 aliphatic rings. The molecular weight excluding hydrogens is 548 g/mol. The van der Waals surface area contributed by atoms with Crippen molar-refractivity contribution in [2.45, 2.75) is 50.9 Å². The van der Waals surface area contributed by atoms with Crippen molar-refractivity contribution in [3.8, 4) is 34.6 Å². The highest BCUT2D eigenvalue weighted by atomic mass is 32.2. The molecule has 0 spiro atoms. The average molecular weight is 583 g/mol. The molecule has 0 bridgehead atoms. The molecule has 13 heteroatoms. The zero-order valence-corrected chi connectivity index (χ0v) is 24.3. The van der Waals surface area contributed by atoms with Crippen LogP contribution in [0.25, 0.3) is 28.5 Å². The van der Waals surface area contributed by atoms with Crippen molar-refractivity contribution in [3.63, 3.8) is 0 Å². The lowest BCUT2D eigenvalue weighted by molar-refractivity contribution is 0.00343. The zero-order chi connectivity index (χ0) is 29.0. The van der Waals surface area contributed by atoms with Crippen LogP contribution in [0.15, 0.2) is 42.6 Å². The van der Waals surface area contributed by atoms with Crippen molar-refractivity contribution in [2.75, 3.05) is 32.2 Å². The van der Waals surface area contributed by atoms with Crippen LogP contribution in [0, 0.1) is 0 Å². The van der Waals surface area contributed by atoms with Crippen LogP contribution in [0.3, 0.4) is 0 Å². The van der Waals surface area contributed by atoms with Crippen molar-refractivity contribution in [3.05, 3.63) is 42.6 Å². The summed E-state index contributed by atoms with van der Waals surface area (Å²) in [7, 11) is -0.610. The Balaban J connectivity index is 1.56. The van der Waals surface area contributed by atoms with Crippen LogP contribution in [-0.2, 0) is 14.8 Å².